The molecule has 2 aliphatic rings. The molecule has 5 rings (SSSR count). The Morgan fingerprint density at radius 2 is 2.03 bits per heavy atom. The summed E-state index contributed by atoms with van der Waals surface area (Å²) in [5.41, 5.74) is 5.23. The summed E-state index contributed by atoms with van der Waals surface area (Å²) >= 11 is 7.33. The van der Waals surface area contributed by atoms with Gasteiger partial charge in [0, 0.05) is 38.4 Å². The van der Waals surface area contributed by atoms with Gasteiger partial charge < -0.3 is 9.64 Å². The molecule has 1 aliphatic heterocycles. The monoisotopic (exact) mass is 514 g/mol. The van der Waals surface area contributed by atoms with Crippen LogP contribution in [0.2, 0.25) is 0 Å². The first-order chi connectivity index (χ1) is 14.0. The molecule has 2 aromatic carbocycles. The number of rotatable bonds is 2. The molecule has 0 unspecified atom stereocenters. The minimum absolute atomic E-state index is 0.122. The molecule has 0 bridgehead atoms. The predicted molar refractivity (Wildman–Crippen MR) is 125 cm³/mol. The summed E-state index contributed by atoms with van der Waals surface area (Å²) < 4.78 is 7.69. The van der Waals surface area contributed by atoms with E-state index in [-0.39, 0.29) is 5.41 Å². The SMILES string of the molecule is COc1cccc([C@@]23CCN(C)C[C@H]2Cc2cc4cc(Br)cc(Br)c4nc2C3)c1. The molecule has 2 atom stereocenters. The van der Waals surface area contributed by atoms with Crippen molar-refractivity contribution in [3.63, 3.8) is 0 Å². The number of methoxy groups -OCH3 is 1. The fourth-order valence-corrected chi connectivity index (χ4v) is 6.68. The van der Waals surface area contributed by atoms with Gasteiger partial charge in [0.2, 0.25) is 0 Å². The van der Waals surface area contributed by atoms with Gasteiger partial charge in [0.25, 0.3) is 0 Å². The lowest BCUT2D eigenvalue weighted by molar-refractivity contribution is 0.0987. The highest BCUT2D eigenvalue weighted by atomic mass is 79.9. The fraction of sp³-hybridized carbons (Fsp3) is 0.375. The third-order valence-electron chi connectivity index (χ3n) is 6.85. The smallest absolute Gasteiger partial charge is 0.119 e. The van der Waals surface area contributed by atoms with E-state index in [0.29, 0.717) is 5.92 Å². The van der Waals surface area contributed by atoms with Gasteiger partial charge in [-0.15, -0.1) is 0 Å². The lowest BCUT2D eigenvalue weighted by atomic mass is 9.58. The zero-order chi connectivity index (χ0) is 20.2. The maximum Gasteiger partial charge on any atom is 0.119 e. The van der Waals surface area contributed by atoms with E-state index in [9.17, 15) is 0 Å². The molecular formula is C24H24Br2N2O. The summed E-state index contributed by atoms with van der Waals surface area (Å²) in [7, 11) is 4.00. The van der Waals surface area contributed by atoms with Crippen LogP contribution in [0, 0.1) is 5.92 Å². The Balaban J connectivity index is 1.67. The van der Waals surface area contributed by atoms with E-state index in [1.54, 1.807) is 7.11 Å². The first-order valence-corrected chi connectivity index (χ1v) is 11.7. The summed E-state index contributed by atoms with van der Waals surface area (Å²) in [5.74, 6) is 1.52. The lowest BCUT2D eigenvalue weighted by Crippen LogP contribution is -2.53. The molecule has 1 fully saturated rings. The van der Waals surface area contributed by atoms with Crippen LogP contribution in [-0.4, -0.2) is 37.1 Å². The molecular weight excluding hydrogens is 492 g/mol. The van der Waals surface area contributed by atoms with Crippen LogP contribution in [0.25, 0.3) is 10.9 Å². The van der Waals surface area contributed by atoms with Crippen molar-refractivity contribution >= 4 is 42.8 Å². The van der Waals surface area contributed by atoms with Crippen molar-refractivity contribution in [2.75, 3.05) is 27.2 Å². The molecule has 1 aliphatic carbocycles. The third kappa shape index (κ3) is 3.31. The summed E-state index contributed by atoms with van der Waals surface area (Å²) in [6.45, 7) is 2.24. The zero-order valence-corrected chi connectivity index (χ0v) is 19.9. The third-order valence-corrected chi connectivity index (χ3v) is 7.91. The number of aromatic nitrogens is 1. The van der Waals surface area contributed by atoms with Crippen molar-refractivity contribution in [2.24, 2.45) is 5.92 Å². The normalized spacial score (nSPS) is 24.2. The number of ether oxygens (including phenoxy) is 1. The van der Waals surface area contributed by atoms with Crippen LogP contribution in [0.3, 0.4) is 0 Å². The van der Waals surface area contributed by atoms with Crippen LogP contribution in [-0.2, 0) is 18.3 Å². The van der Waals surface area contributed by atoms with Crippen LogP contribution in [0.15, 0.2) is 51.4 Å². The first kappa shape index (κ1) is 19.5. The Kier molecular flexibility index (Phi) is 4.96. The molecule has 5 heteroatoms. The van der Waals surface area contributed by atoms with Gasteiger partial charge in [-0.05, 0) is 89.7 Å². The van der Waals surface area contributed by atoms with Crippen LogP contribution >= 0.6 is 31.9 Å². The molecule has 29 heavy (non-hydrogen) atoms. The van der Waals surface area contributed by atoms with E-state index in [0.717, 1.165) is 52.6 Å². The van der Waals surface area contributed by atoms with E-state index in [1.165, 1.54) is 22.2 Å². The number of nitrogens with zero attached hydrogens (tertiary/aromatic N) is 2. The van der Waals surface area contributed by atoms with E-state index >= 15 is 0 Å². The molecule has 150 valence electrons. The highest BCUT2D eigenvalue weighted by molar-refractivity contribution is 9.11. The van der Waals surface area contributed by atoms with E-state index < -0.39 is 0 Å². The summed E-state index contributed by atoms with van der Waals surface area (Å²) in [4.78, 5) is 7.65. The summed E-state index contributed by atoms with van der Waals surface area (Å²) in [6, 6.07) is 15.3. The highest BCUT2D eigenvalue weighted by Gasteiger charge is 2.47. The predicted octanol–water partition coefficient (Wildman–Crippen LogP) is 5.76. The molecule has 1 aromatic heterocycles. The van der Waals surface area contributed by atoms with E-state index in [2.05, 4.69) is 80.2 Å². The van der Waals surface area contributed by atoms with Crippen molar-refractivity contribution in [3.05, 3.63) is 68.2 Å². The quantitative estimate of drug-likeness (QED) is 0.434. The number of pyridine rings is 1. The van der Waals surface area contributed by atoms with Gasteiger partial charge in [0.05, 0.1) is 12.6 Å². The average Bonchev–Trinajstić information content (AvgIpc) is 2.71. The largest absolute Gasteiger partial charge is 0.497 e. The Hall–Kier alpha value is -1.43. The number of likely N-dealkylation sites (tertiary alicyclic amines) is 1. The van der Waals surface area contributed by atoms with Crippen molar-refractivity contribution in [2.45, 2.75) is 24.7 Å². The molecule has 0 spiro atoms. The summed E-state index contributed by atoms with van der Waals surface area (Å²) in [6.07, 6.45) is 3.22. The number of halogens is 2. The maximum atomic E-state index is 5.56. The second-order valence-corrected chi connectivity index (χ2v) is 10.3. The highest BCUT2D eigenvalue weighted by Crippen LogP contribution is 2.48. The molecule has 3 nitrogen and oxygen atoms in total. The van der Waals surface area contributed by atoms with Crippen molar-refractivity contribution in [3.8, 4) is 5.75 Å². The number of hydrogen-bond donors (Lipinski definition) is 0. The van der Waals surface area contributed by atoms with Crippen molar-refractivity contribution in [1.82, 2.24) is 9.88 Å². The Morgan fingerprint density at radius 1 is 1.17 bits per heavy atom. The van der Waals surface area contributed by atoms with Gasteiger partial charge in [-0.2, -0.15) is 0 Å². The van der Waals surface area contributed by atoms with Gasteiger partial charge in [-0.25, -0.2) is 0 Å². The second kappa shape index (κ2) is 7.36. The Morgan fingerprint density at radius 3 is 2.86 bits per heavy atom. The fourth-order valence-electron chi connectivity index (χ4n) is 5.33. The molecule has 0 radical (unpaired) electrons. The molecule has 3 aromatic rings. The van der Waals surface area contributed by atoms with Gasteiger partial charge in [0.15, 0.2) is 0 Å². The molecule has 0 amide bonds. The number of fused-ring (bicyclic) bond motifs is 3. The molecule has 0 saturated carbocycles. The minimum Gasteiger partial charge on any atom is -0.497 e. The molecule has 1 saturated heterocycles. The van der Waals surface area contributed by atoms with E-state index in [4.69, 9.17) is 9.72 Å². The van der Waals surface area contributed by atoms with Crippen LogP contribution in [0.1, 0.15) is 23.2 Å². The minimum atomic E-state index is 0.122. The average molecular weight is 516 g/mol. The standard InChI is InChI=1S/C24H24Br2N2O/c1-28-7-6-24(17-4-3-5-20(11-17)29-2)13-22-15(9-18(24)14-28)8-16-10-19(25)12-21(26)23(16)27-22/h3-5,8,10-12,18H,6-7,9,13-14H2,1-2H3/t18-,24+/m1/s1. The van der Waals surface area contributed by atoms with Gasteiger partial charge in [0.1, 0.15) is 5.75 Å². The van der Waals surface area contributed by atoms with E-state index in [1.807, 2.05) is 6.07 Å². The van der Waals surface area contributed by atoms with Crippen molar-refractivity contribution in [1.29, 1.82) is 0 Å². The first-order valence-electron chi connectivity index (χ1n) is 10.1. The molecule has 0 N–H and O–H groups in total. The Bertz CT molecular complexity index is 1100. The summed E-state index contributed by atoms with van der Waals surface area (Å²) in [5, 5.41) is 1.20. The Labute approximate surface area is 188 Å². The maximum absolute atomic E-state index is 5.56. The lowest BCUT2D eigenvalue weighted by Gasteiger charge is -2.50. The zero-order valence-electron chi connectivity index (χ0n) is 16.7. The van der Waals surface area contributed by atoms with Gasteiger partial charge in [-0.1, -0.05) is 28.1 Å². The van der Waals surface area contributed by atoms with Crippen LogP contribution in [0.5, 0.6) is 5.75 Å². The molecule has 2 heterocycles. The number of piperidine rings is 1. The van der Waals surface area contributed by atoms with Gasteiger partial charge >= 0.3 is 0 Å². The number of hydrogen-bond acceptors (Lipinski definition) is 3. The number of benzene rings is 2. The van der Waals surface area contributed by atoms with Gasteiger partial charge in [-0.3, -0.25) is 4.98 Å². The van der Waals surface area contributed by atoms with Crippen molar-refractivity contribution < 1.29 is 4.74 Å². The van der Waals surface area contributed by atoms with Crippen LogP contribution < -0.4 is 4.74 Å². The van der Waals surface area contributed by atoms with Crippen LogP contribution in [0.4, 0.5) is 0 Å². The second-order valence-electron chi connectivity index (χ2n) is 8.53. The topological polar surface area (TPSA) is 25.4 Å².